The van der Waals surface area contributed by atoms with E-state index in [0.29, 0.717) is 6.61 Å². The molecule has 0 bridgehead atoms. The predicted octanol–water partition coefficient (Wildman–Crippen LogP) is 3.51. The van der Waals surface area contributed by atoms with Gasteiger partial charge in [-0.2, -0.15) is 5.26 Å². The number of hydrogen-bond acceptors (Lipinski definition) is 4. The highest BCUT2D eigenvalue weighted by molar-refractivity contribution is 5.46. The van der Waals surface area contributed by atoms with Crippen molar-refractivity contribution < 1.29 is 14.2 Å². The lowest BCUT2D eigenvalue weighted by Crippen LogP contribution is -2.19. The molecule has 0 aliphatic carbocycles. The summed E-state index contributed by atoms with van der Waals surface area (Å²) in [5.74, 6) is 2.22. The maximum Gasteiger partial charge on any atom is 0.231 e. The van der Waals surface area contributed by atoms with Crippen LogP contribution in [0.1, 0.15) is 33.1 Å². The van der Waals surface area contributed by atoms with Crippen molar-refractivity contribution in [3.63, 3.8) is 0 Å². The molecular weight excluding hydrogens is 242 g/mol. The smallest absolute Gasteiger partial charge is 0.231 e. The SMILES string of the molecule is CCC(C#N)(CC)CCOc1ccc2c(c1)OCO2. The van der Waals surface area contributed by atoms with Crippen molar-refractivity contribution >= 4 is 0 Å². The normalized spacial score (nSPS) is 13.1. The molecule has 0 atom stereocenters. The number of rotatable bonds is 6. The minimum Gasteiger partial charge on any atom is -0.493 e. The second-order valence-electron chi connectivity index (χ2n) is 4.71. The lowest BCUT2D eigenvalue weighted by Gasteiger charge is -2.23. The number of nitriles is 1. The van der Waals surface area contributed by atoms with Gasteiger partial charge in [0.2, 0.25) is 6.79 Å². The molecule has 0 amide bonds. The molecule has 1 aromatic carbocycles. The number of nitrogens with zero attached hydrogens (tertiary/aromatic N) is 1. The van der Waals surface area contributed by atoms with Crippen molar-refractivity contribution in [3.05, 3.63) is 18.2 Å². The Morgan fingerprint density at radius 2 is 2.00 bits per heavy atom. The van der Waals surface area contributed by atoms with E-state index in [1.807, 2.05) is 32.0 Å². The topological polar surface area (TPSA) is 51.5 Å². The van der Waals surface area contributed by atoms with E-state index in [2.05, 4.69) is 6.07 Å². The Balaban J connectivity index is 1.91. The first-order chi connectivity index (χ1) is 9.23. The zero-order valence-corrected chi connectivity index (χ0v) is 11.4. The third-order valence-corrected chi connectivity index (χ3v) is 3.78. The van der Waals surface area contributed by atoms with Crippen LogP contribution in [0.15, 0.2) is 18.2 Å². The van der Waals surface area contributed by atoms with Crippen molar-refractivity contribution in [1.82, 2.24) is 0 Å². The minimum atomic E-state index is -0.268. The van der Waals surface area contributed by atoms with E-state index in [0.717, 1.165) is 36.5 Å². The van der Waals surface area contributed by atoms with E-state index in [9.17, 15) is 5.26 Å². The van der Waals surface area contributed by atoms with E-state index >= 15 is 0 Å². The highest BCUT2D eigenvalue weighted by atomic mass is 16.7. The molecular formula is C15H19NO3. The lowest BCUT2D eigenvalue weighted by molar-refractivity contribution is 0.173. The monoisotopic (exact) mass is 261 g/mol. The second-order valence-corrected chi connectivity index (χ2v) is 4.71. The summed E-state index contributed by atoms with van der Waals surface area (Å²) < 4.78 is 16.2. The molecule has 1 aliphatic heterocycles. The van der Waals surface area contributed by atoms with Crippen LogP contribution >= 0.6 is 0 Å². The molecule has 2 rings (SSSR count). The summed E-state index contributed by atoms with van der Waals surface area (Å²) in [5, 5.41) is 9.26. The Bertz CT molecular complexity index is 475. The Hall–Kier alpha value is -1.89. The fraction of sp³-hybridized carbons (Fsp3) is 0.533. The van der Waals surface area contributed by atoms with E-state index in [4.69, 9.17) is 14.2 Å². The van der Waals surface area contributed by atoms with Gasteiger partial charge in [-0.25, -0.2) is 0 Å². The zero-order valence-electron chi connectivity index (χ0n) is 11.4. The number of benzene rings is 1. The van der Waals surface area contributed by atoms with Crippen LogP contribution in [-0.2, 0) is 0 Å². The van der Waals surface area contributed by atoms with Crippen LogP contribution in [-0.4, -0.2) is 13.4 Å². The van der Waals surface area contributed by atoms with Crippen LogP contribution < -0.4 is 14.2 Å². The van der Waals surface area contributed by atoms with Gasteiger partial charge in [0.05, 0.1) is 18.1 Å². The fourth-order valence-corrected chi connectivity index (χ4v) is 2.15. The highest BCUT2D eigenvalue weighted by Crippen LogP contribution is 2.35. The maximum absolute atomic E-state index is 9.26. The Labute approximate surface area is 113 Å². The molecule has 1 aromatic rings. The van der Waals surface area contributed by atoms with E-state index < -0.39 is 0 Å². The molecule has 1 aliphatic rings. The summed E-state index contributed by atoms with van der Waals surface area (Å²) in [6, 6.07) is 7.95. The quantitative estimate of drug-likeness (QED) is 0.786. The second kappa shape index (κ2) is 5.83. The van der Waals surface area contributed by atoms with Crippen LogP contribution in [0.25, 0.3) is 0 Å². The molecule has 19 heavy (non-hydrogen) atoms. The Morgan fingerprint density at radius 3 is 2.68 bits per heavy atom. The van der Waals surface area contributed by atoms with Gasteiger partial charge in [0.15, 0.2) is 11.5 Å². The van der Waals surface area contributed by atoms with E-state index in [1.54, 1.807) is 0 Å². The van der Waals surface area contributed by atoms with Crippen LogP contribution in [0.5, 0.6) is 17.2 Å². The summed E-state index contributed by atoms with van der Waals surface area (Å²) in [6.45, 7) is 4.90. The summed E-state index contributed by atoms with van der Waals surface area (Å²) in [7, 11) is 0. The Morgan fingerprint density at radius 1 is 1.26 bits per heavy atom. The van der Waals surface area contributed by atoms with Crippen LogP contribution in [0.2, 0.25) is 0 Å². The molecule has 0 N–H and O–H groups in total. The first-order valence-corrected chi connectivity index (χ1v) is 6.66. The van der Waals surface area contributed by atoms with Crippen molar-refractivity contribution in [1.29, 1.82) is 5.26 Å². The van der Waals surface area contributed by atoms with E-state index in [-0.39, 0.29) is 12.2 Å². The zero-order chi connectivity index (χ0) is 13.7. The van der Waals surface area contributed by atoms with Gasteiger partial charge in [0, 0.05) is 12.5 Å². The van der Waals surface area contributed by atoms with Crippen molar-refractivity contribution in [2.45, 2.75) is 33.1 Å². The molecule has 0 saturated carbocycles. The molecule has 0 spiro atoms. The van der Waals surface area contributed by atoms with Crippen LogP contribution in [0, 0.1) is 16.7 Å². The number of hydrogen-bond donors (Lipinski definition) is 0. The molecule has 0 saturated heterocycles. The Kier molecular flexibility index (Phi) is 4.16. The average molecular weight is 261 g/mol. The van der Waals surface area contributed by atoms with Crippen molar-refractivity contribution in [2.75, 3.05) is 13.4 Å². The standard InChI is InChI=1S/C15H19NO3/c1-3-15(4-2,10-16)7-8-17-12-5-6-13-14(9-12)19-11-18-13/h5-6,9H,3-4,7-8,11H2,1-2H3. The summed E-state index contributed by atoms with van der Waals surface area (Å²) in [6.07, 6.45) is 2.44. The lowest BCUT2D eigenvalue weighted by atomic mass is 9.81. The molecule has 1 heterocycles. The molecule has 0 radical (unpaired) electrons. The number of ether oxygens (including phenoxy) is 3. The third kappa shape index (κ3) is 2.93. The van der Waals surface area contributed by atoms with Gasteiger partial charge in [-0.1, -0.05) is 13.8 Å². The van der Waals surface area contributed by atoms with Gasteiger partial charge in [0.25, 0.3) is 0 Å². The molecule has 4 nitrogen and oxygen atoms in total. The third-order valence-electron chi connectivity index (χ3n) is 3.78. The van der Waals surface area contributed by atoms with Crippen LogP contribution in [0.4, 0.5) is 0 Å². The predicted molar refractivity (Wildman–Crippen MR) is 71.3 cm³/mol. The highest BCUT2D eigenvalue weighted by Gasteiger charge is 2.25. The molecule has 102 valence electrons. The van der Waals surface area contributed by atoms with Crippen LogP contribution in [0.3, 0.4) is 0 Å². The first kappa shape index (κ1) is 13.5. The number of fused-ring (bicyclic) bond motifs is 1. The van der Waals surface area contributed by atoms with Gasteiger partial charge in [-0.05, 0) is 25.0 Å². The molecule has 0 unspecified atom stereocenters. The molecule has 0 fully saturated rings. The average Bonchev–Trinajstić information content (AvgIpc) is 2.92. The van der Waals surface area contributed by atoms with Crippen molar-refractivity contribution in [3.8, 4) is 23.3 Å². The maximum atomic E-state index is 9.26. The first-order valence-electron chi connectivity index (χ1n) is 6.66. The molecule has 4 heteroatoms. The molecule has 0 aromatic heterocycles. The van der Waals surface area contributed by atoms with Gasteiger partial charge < -0.3 is 14.2 Å². The summed E-state index contributed by atoms with van der Waals surface area (Å²) in [5.41, 5.74) is -0.268. The van der Waals surface area contributed by atoms with E-state index in [1.165, 1.54) is 0 Å². The van der Waals surface area contributed by atoms with Gasteiger partial charge in [-0.15, -0.1) is 0 Å². The fourth-order valence-electron chi connectivity index (χ4n) is 2.15. The summed E-state index contributed by atoms with van der Waals surface area (Å²) >= 11 is 0. The van der Waals surface area contributed by atoms with Gasteiger partial charge >= 0.3 is 0 Å². The minimum absolute atomic E-state index is 0.266. The van der Waals surface area contributed by atoms with Gasteiger partial charge in [0.1, 0.15) is 5.75 Å². The summed E-state index contributed by atoms with van der Waals surface area (Å²) in [4.78, 5) is 0. The largest absolute Gasteiger partial charge is 0.493 e. The van der Waals surface area contributed by atoms with Gasteiger partial charge in [-0.3, -0.25) is 0 Å². The van der Waals surface area contributed by atoms with Crippen molar-refractivity contribution in [2.24, 2.45) is 5.41 Å².